The third-order valence-electron chi connectivity index (χ3n) is 2.90. The zero-order valence-corrected chi connectivity index (χ0v) is 10.1. The van der Waals surface area contributed by atoms with Gasteiger partial charge in [0.05, 0.1) is 0 Å². The Kier molecular flexibility index (Phi) is 2.18. The standard InChI is InChI=1S/C14H9BrO/c15-14-11-6-2-1-4-9(11)8-10-5-3-7-12(16)13(10)14/h1-6,8H,7H2. The van der Waals surface area contributed by atoms with Gasteiger partial charge in [0.15, 0.2) is 5.78 Å². The molecule has 2 aromatic rings. The predicted molar refractivity (Wildman–Crippen MR) is 69.6 cm³/mol. The zero-order valence-electron chi connectivity index (χ0n) is 8.53. The summed E-state index contributed by atoms with van der Waals surface area (Å²) in [6.45, 7) is 0. The summed E-state index contributed by atoms with van der Waals surface area (Å²) >= 11 is 3.55. The molecular formula is C14H9BrO. The summed E-state index contributed by atoms with van der Waals surface area (Å²) in [6, 6.07) is 10.2. The zero-order chi connectivity index (χ0) is 11.1. The van der Waals surface area contributed by atoms with Crippen molar-refractivity contribution in [2.24, 2.45) is 0 Å². The highest BCUT2D eigenvalue weighted by Crippen LogP contribution is 2.34. The molecule has 0 bridgehead atoms. The molecule has 0 saturated heterocycles. The van der Waals surface area contributed by atoms with E-state index >= 15 is 0 Å². The summed E-state index contributed by atoms with van der Waals surface area (Å²) in [4.78, 5) is 11.9. The summed E-state index contributed by atoms with van der Waals surface area (Å²) < 4.78 is 0.926. The first kappa shape index (κ1) is 9.79. The fourth-order valence-electron chi connectivity index (χ4n) is 2.13. The van der Waals surface area contributed by atoms with E-state index in [1.165, 1.54) is 0 Å². The van der Waals surface area contributed by atoms with Crippen molar-refractivity contribution in [3.63, 3.8) is 0 Å². The van der Waals surface area contributed by atoms with E-state index in [9.17, 15) is 4.79 Å². The van der Waals surface area contributed by atoms with E-state index in [-0.39, 0.29) is 5.78 Å². The lowest BCUT2D eigenvalue weighted by molar-refractivity contribution is 0.0994. The third kappa shape index (κ3) is 1.34. The highest BCUT2D eigenvalue weighted by atomic mass is 79.9. The number of carbonyl (C=O) groups excluding carboxylic acids is 1. The van der Waals surface area contributed by atoms with E-state index in [4.69, 9.17) is 0 Å². The SMILES string of the molecule is O=C1CC=Cc2cc3ccccc3c(Br)c21. The Labute approximate surface area is 102 Å². The quantitative estimate of drug-likeness (QED) is 0.703. The van der Waals surface area contributed by atoms with Gasteiger partial charge in [0, 0.05) is 16.5 Å². The molecule has 0 radical (unpaired) electrons. The van der Waals surface area contributed by atoms with Gasteiger partial charge in [-0.1, -0.05) is 36.4 Å². The molecule has 0 N–H and O–H groups in total. The van der Waals surface area contributed by atoms with Crippen molar-refractivity contribution >= 4 is 38.6 Å². The Morgan fingerprint density at radius 2 is 2.00 bits per heavy atom. The molecule has 1 nitrogen and oxygen atoms in total. The second kappa shape index (κ2) is 3.56. The van der Waals surface area contributed by atoms with Crippen LogP contribution in [0.5, 0.6) is 0 Å². The molecule has 0 atom stereocenters. The van der Waals surface area contributed by atoms with Gasteiger partial charge in [-0.05, 0) is 38.3 Å². The molecule has 0 fully saturated rings. The summed E-state index contributed by atoms with van der Waals surface area (Å²) in [5.74, 6) is 0.190. The fraction of sp³-hybridized carbons (Fsp3) is 0.0714. The lowest BCUT2D eigenvalue weighted by atomic mass is 9.93. The Balaban J connectivity index is 2.46. The molecule has 2 heteroatoms. The monoisotopic (exact) mass is 272 g/mol. The van der Waals surface area contributed by atoms with Crippen LogP contribution in [0, 0.1) is 0 Å². The van der Waals surface area contributed by atoms with Crippen molar-refractivity contribution in [1.82, 2.24) is 0 Å². The number of fused-ring (bicyclic) bond motifs is 2. The van der Waals surface area contributed by atoms with Crippen molar-refractivity contribution in [2.45, 2.75) is 6.42 Å². The number of ketones is 1. The van der Waals surface area contributed by atoms with E-state index in [1.807, 2.05) is 30.4 Å². The Hall–Kier alpha value is -1.41. The van der Waals surface area contributed by atoms with Gasteiger partial charge in [0.25, 0.3) is 0 Å². The number of halogens is 1. The summed E-state index contributed by atoms with van der Waals surface area (Å²) in [5.41, 5.74) is 1.84. The Bertz CT molecular complexity index is 626. The molecule has 0 amide bonds. The van der Waals surface area contributed by atoms with Crippen LogP contribution in [-0.2, 0) is 0 Å². The van der Waals surface area contributed by atoms with E-state index in [0.717, 1.165) is 26.4 Å². The molecule has 0 aromatic heterocycles. The number of rotatable bonds is 0. The van der Waals surface area contributed by atoms with Crippen LogP contribution in [0.25, 0.3) is 16.8 Å². The van der Waals surface area contributed by atoms with E-state index < -0.39 is 0 Å². The molecule has 78 valence electrons. The smallest absolute Gasteiger partial charge is 0.168 e. The second-order valence-corrected chi connectivity index (χ2v) is 4.70. The lowest BCUT2D eigenvalue weighted by Crippen LogP contribution is -2.05. The average molecular weight is 273 g/mol. The molecule has 1 aliphatic rings. The minimum atomic E-state index is 0.190. The average Bonchev–Trinajstić information content (AvgIpc) is 2.29. The normalized spacial score (nSPS) is 14.2. The number of hydrogen-bond donors (Lipinski definition) is 0. The van der Waals surface area contributed by atoms with Crippen molar-refractivity contribution < 1.29 is 4.79 Å². The van der Waals surface area contributed by atoms with Crippen molar-refractivity contribution in [3.8, 4) is 0 Å². The molecule has 0 heterocycles. The van der Waals surface area contributed by atoms with Gasteiger partial charge in [-0.15, -0.1) is 0 Å². The minimum Gasteiger partial charge on any atom is -0.294 e. The molecule has 2 aromatic carbocycles. The van der Waals surface area contributed by atoms with E-state index in [2.05, 4.69) is 28.1 Å². The largest absolute Gasteiger partial charge is 0.294 e. The van der Waals surface area contributed by atoms with Gasteiger partial charge in [-0.3, -0.25) is 4.79 Å². The van der Waals surface area contributed by atoms with Crippen LogP contribution < -0.4 is 0 Å². The molecule has 1 aliphatic carbocycles. The Morgan fingerprint density at radius 1 is 1.19 bits per heavy atom. The first-order valence-corrected chi connectivity index (χ1v) is 5.97. The van der Waals surface area contributed by atoms with Gasteiger partial charge in [-0.25, -0.2) is 0 Å². The number of benzene rings is 2. The Morgan fingerprint density at radius 3 is 2.88 bits per heavy atom. The first-order valence-electron chi connectivity index (χ1n) is 5.18. The summed E-state index contributed by atoms with van der Waals surface area (Å²) in [5, 5.41) is 2.26. The van der Waals surface area contributed by atoms with Crippen molar-refractivity contribution in [1.29, 1.82) is 0 Å². The topological polar surface area (TPSA) is 17.1 Å². The molecule has 0 aliphatic heterocycles. The predicted octanol–water partition coefficient (Wildman–Crippen LogP) is 4.20. The maximum absolute atomic E-state index is 11.9. The highest BCUT2D eigenvalue weighted by molar-refractivity contribution is 9.10. The van der Waals surface area contributed by atoms with Crippen LogP contribution in [0.4, 0.5) is 0 Å². The van der Waals surface area contributed by atoms with Gasteiger partial charge >= 0.3 is 0 Å². The molecule has 0 spiro atoms. The maximum Gasteiger partial charge on any atom is 0.168 e. The van der Waals surface area contributed by atoms with Gasteiger partial charge in [-0.2, -0.15) is 0 Å². The summed E-state index contributed by atoms with van der Waals surface area (Å²) in [7, 11) is 0. The highest BCUT2D eigenvalue weighted by Gasteiger charge is 2.18. The van der Waals surface area contributed by atoms with E-state index in [1.54, 1.807) is 0 Å². The third-order valence-corrected chi connectivity index (χ3v) is 3.72. The van der Waals surface area contributed by atoms with Gasteiger partial charge in [0.1, 0.15) is 0 Å². The number of hydrogen-bond acceptors (Lipinski definition) is 1. The number of carbonyl (C=O) groups is 1. The van der Waals surface area contributed by atoms with Gasteiger partial charge < -0.3 is 0 Å². The van der Waals surface area contributed by atoms with E-state index in [0.29, 0.717) is 6.42 Å². The molecule has 3 rings (SSSR count). The first-order chi connectivity index (χ1) is 7.77. The maximum atomic E-state index is 11.9. The van der Waals surface area contributed by atoms with Crippen LogP contribution in [0.3, 0.4) is 0 Å². The summed E-state index contributed by atoms with van der Waals surface area (Å²) in [6.07, 6.45) is 4.45. The van der Waals surface area contributed by atoms with Crippen LogP contribution in [0.1, 0.15) is 22.3 Å². The molecule has 16 heavy (non-hydrogen) atoms. The van der Waals surface area contributed by atoms with Crippen LogP contribution in [0.2, 0.25) is 0 Å². The van der Waals surface area contributed by atoms with Gasteiger partial charge in [0.2, 0.25) is 0 Å². The lowest BCUT2D eigenvalue weighted by Gasteiger charge is -2.13. The second-order valence-electron chi connectivity index (χ2n) is 3.91. The number of Topliss-reactive ketones (excluding diaryl/α,β-unsaturated/α-hetero) is 1. The molecule has 0 saturated carbocycles. The van der Waals surface area contributed by atoms with Crippen molar-refractivity contribution in [3.05, 3.63) is 52.0 Å². The molecule has 0 unspecified atom stereocenters. The van der Waals surface area contributed by atoms with Crippen LogP contribution >= 0.6 is 15.9 Å². The van der Waals surface area contributed by atoms with Crippen LogP contribution in [-0.4, -0.2) is 5.78 Å². The van der Waals surface area contributed by atoms with Crippen LogP contribution in [0.15, 0.2) is 40.9 Å². The fourth-order valence-corrected chi connectivity index (χ4v) is 2.94. The molecular weight excluding hydrogens is 264 g/mol. The van der Waals surface area contributed by atoms with Crippen molar-refractivity contribution in [2.75, 3.05) is 0 Å². The minimum absolute atomic E-state index is 0.190. The number of allylic oxidation sites excluding steroid dienone is 1.